The number of hydrogen-bond acceptors (Lipinski definition) is 3. The molecule has 5 heteroatoms. The molecule has 0 aliphatic heterocycles. The Kier molecular flexibility index (Phi) is 4.83. The van der Waals surface area contributed by atoms with Crippen LogP contribution in [0, 0.1) is 0 Å². The number of methoxy groups -OCH3 is 1. The van der Waals surface area contributed by atoms with Crippen LogP contribution in [-0.4, -0.2) is 13.2 Å². The van der Waals surface area contributed by atoms with Gasteiger partial charge in [-0.3, -0.25) is 11.3 Å². The monoisotopic (exact) mass is 248 g/mol. The number of benzene rings is 1. The van der Waals surface area contributed by atoms with Gasteiger partial charge in [-0.05, 0) is 30.7 Å². The molecule has 0 saturated heterocycles. The van der Waals surface area contributed by atoms with Gasteiger partial charge in [0, 0.05) is 17.2 Å². The van der Waals surface area contributed by atoms with Crippen LogP contribution in [0.3, 0.4) is 0 Å². The predicted molar refractivity (Wildman–Crippen MR) is 63.0 cm³/mol. The highest BCUT2D eigenvalue weighted by Crippen LogP contribution is 2.28. The Balaban J connectivity index is 3.05. The molecule has 0 spiro atoms. The average Bonchev–Trinajstić information content (AvgIpc) is 2.23. The van der Waals surface area contributed by atoms with Gasteiger partial charge in [-0.2, -0.15) is 0 Å². The number of ether oxygens (including phenoxy) is 1. The number of hydrazine groups is 1. The maximum Gasteiger partial charge on any atom is 0.0751 e. The molecule has 84 valence electrons. The molecular weight excluding hydrogens is 235 g/mol. The third-order valence-electron chi connectivity index (χ3n) is 2.31. The van der Waals surface area contributed by atoms with Gasteiger partial charge in [0.2, 0.25) is 0 Å². The minimum atomic E-state index is -0.179. The van der Waals surface area contributed by atoms with Gasteiger partial charge in [-0.1, -0.05) is 23.2 Å². The quantitative estimate of drug-likeness (QED) is 0.636. The minimum absolute atomic E-state index is 0.0917. The van der Waals surface area contributed by atoms with Crippen molar-refractivity contribution in [3.8, 4) is 0 Å². The van der Waals surface area contributed by atoms with Crippen molar-refractivity contribution in [3.05, 3.63) is 33.8 Å². The van der Waals surface area contributed by atoms with Gasteiger partial charge in [0.1, 0.15) is 0 Å². The van der Waals surface area contributed by atoms with Crippen LogP contribution in [0.2, 0.25) is 10.0 Å². The average molecular weight is 249 g/mol. The third-order valence-corrected chi connectivity index (χ3v) is 2.89. The van der Waals surface area contributed by atoms with Gasteiger partial charge in [-0.25, -0.2) is 0 Å². The molecule has 0 bridgehead atoms. The van der Waals surface area contributed by atoms with Crippen LogP contribution in [0.25, 0.3) is 0 Å². The van der Waals surface area contributed by atoms with Crippen LogP contribution < -0.4 is 11.3 Å². The Hall–Kier alpha value is -0.320. The number of nitrogens with two attached hydrogens (primary N) is 1. The molecule has 3 N–H and O–H groups in total. The fourth-order valence-electron chi connectivity index (χ4n) is 1.37. The first kappa shape index (κ1) is 12.7. The van der Waals surface area contributed by atoms with Crippen molar-refractivity contribution >= 4 is 23.2 Å². The van der Waals surface area contributed by atoms with Crippen LogP contribution in [0.15, 0.2) is 18.2 Å². The van der Waals surface area contributed by atoms with Gasteiger partial charge < -0.3 is 4.74 Å². The van der Waals surface area contributed by atoms with Gasteiger partial charge in [0.05, 0.1) is 12.1 Å². The lowest BCUT2D eigenvalue weighted by Crippen LogP contribution is -2.36. The van der Waals surface area contributed by atoms with Crippen molar-refractivity contribution in [2.75, 3.05) is 7.11 Å². The van der Waals surface area contributed by atoms with E-state index in [0.29, 0.717) is 10.0 Å². The summed E-state index contributed by atoms with van der Waals surface area (Å²) in [6.07, 6.45) is -0.0917. The van der Waals surface area contributed by atoms with Crippen molar-refractivity contribution in [3.63, 3.8) is 0 Å². The first-order valence-electron chi connectivity index (χ1n) is 4.54. The molecule has 2 atom stereocenters. The summed E-state index contributed by atoms with van der Waals surface area (Å²) in [6, 6.07) is 5.08. The zero-order valence-corrected chi connectivity index (χ0v) is 10.1. The molecule has 0 aromatic heterocycles. The summed E-state index contributed by atoms with van der Waals surface area (Å²) in [5.41, 5.74) is 3.50. The molecule has 0 aliphatic carbocycles. The van der Waals surface area contributed by atoms with E-state index in [9.17, 15) is 0 Å². The SMILES string of the molecule is COC(C)C(NN)c1cc(Cl)ccc1Cl. The molecule has 0 fully saturated rings. The Morgan fingerprint density at radius 2 is 2.07 bits per heavy atom. The maximum absolute atomic E-state index is 6.06. The molecule has 15 heavy (non-hydrogen) atoms. The topological polar surface area (TPSA) is 47.3 Å². The lowest BCUT2D eigenvalue weighted by atomic mass is 10.0. The van der Waals surface area contributed by atoms with E-state index in [-0.39, 0.29) is 12.1 Å². The minimum Gasteiger partial charge on any atom is -0.380 e. The Bertz CT molecular complexity index is 333. The third kappa shape index (κ3) is 3.06. The van der Waals surface area contributed by atoms with Crippen LogP contribution >= 0.6 is 23.2 Å². The van der Waals surface area contributed by atoms with Gasteiger partial charge >= 0.3 is 0 Å². The molecule has 0 aliphatic rings. The smallest absolute Gasteiger partial charge is 0.0751 e. The van der Waals surface area contributed by atoms with E-state index in [0.717, 1.165) is 5.56 Å². The lowest BCUT2D eigenvalue weighted by molar-refractivity contribution is 0.0831. The second kappa shape index (κ2) is 5.68. The Morgan fingerprint density at radius 1 is 1.40 bits per heavy atom. The van der Waals surface area contributed by atoms with Crippen molar-refractivity contribution < 1.29 is 4.74 Å². The summed E-state index contributed by atoms with van der Waals surface area (Å²) in [7, 11) is 1.62. The van der Waals surface area contributed by atoms with Crippen molar-refractivity contribution in [1.82, 2.24) is 5.43 Å². The van der Waals surface area contributed by atoms with E-state index in [2.05, 4.69) is 5.43 Å². The zero-order valence-electron chi connectivity index (χ0n) is 8.63. The summed E-state index contributed by atoms with van der Waals surface area (Å²) in [4.78, 5) is 0. The van der Waals surface area contributed by atoms with Crippen molar-refractivity contribution in [2.24, 2.45) is 5.84 Å². The summed E-state index contributed by atoms with van der Waals surface area (Å²) in [5, 5.41) is 1.24. The molecule has 0 amide bonds. The summed E-state index contributed by atoms with van der Waals surface area (Å²) in [6.45, 7) is 1.90. The molecule has 0 heterocycles. The second-order valence-electron chi connectivity index (χ2n) is 3.25. The molecule has 1 aromatic carbocycles. The van der Waals surface area contributed by atoms with Crippen LogP contribution in [0.4, 0.5) is 0 Å². The summed E-state index contributed by atoms with van der Waals surface area (Å²) < 4.78 is 5.21. The molecule has 3 nitrogen and oxygen atoms in total. The first-order chi connectivity index (χ1) is 7.10. The highest BCUT2D eigenvalue weighted by molar-refractivity contribution is 6.33. The fraction of sp³-hybridized carbons (Fsp3) is 0.400. The first-order valence-corrected chi connectivity index (χ1v) is 5.29. The van der Waals surface area contributed by atoms with Crippen LogP contribution in [0.1, 0.15) is 18.5 Å². The highest BCUT2D eigenvalue weighted by atomic mass is 35.5. The molecule has 1 aromatic rings. The van der Waals surface area contributed by atoms with Crippen molar-refractivity contribution in [2.45, 2.75) is 19.1 Å². The van der Waals surface area contributed by atoms with Crippen LogP contribution in [0.5, 0.6) is 0 Å². The predicted octanol–water partition coefficient (Wildman–Crippen LogP) is 2.53. The maximum atomic E-state index is 6.06. The van der Waals surface area contributed by atoms with Crippen molar-refractivity contribution in [1.29, 1.82) is 0 Å². The standard InChI is InChI=1S/C10H14Cl2N2O/c1-6(15-2)10(14-13)8-5-7(11)3-4-9(8)12/h3-6,10,14H,13H2,1-2H3. The van der Waals surface area contributed by atoms with E-state index in [1.165, 1.54) is 0 Å². The van der Waals surface area contributed by atoms with E-state index >= 15 is 0 Å². The Morgan fingerprint density at radius 3 is 2.60 bits per heavy atom. The van der Waals surface area contributed by atoms with Gasteiger partial charge in [0.15, 0.2) is 0 Å². The summed E-state index contributed by atoms with van der Waals surface area (Å²) >= 11 is 12.0. The number of rotatable bonds is 4. The number of hydrogen-bond donors (Lipinski definition) is 2. The number of nitrogens with one attached hydrogen (secondary N) is 1. The molecular formula is C10H14Cl2N2O. The number of halogens is 2. The van der Waals surface area contributed by atoms with E-state index in [1.807, 2.05) is 6.92 Å². The van der Waals surface area contributed by atoms with Gasteiger partial charge in [0.25, 0.3) is 0 Å². The molecule has 0 radical (unpaired) electrons. The highest BCUT2D eigenvalue weighted by Gasteiger charge is 2.20. The molecule has 2 unspecified atom stereocenters. The van der Waals surface area contributed by atoms with E-state index in [4.69, 9.17) is 33.8 Å². The zero-order chi connectivity index (χ0) is 11.4. The Labute approximate surface area is 99.5 Å². The van der Waals surface area contributed by atoms with E-state index < -0.39 is 0 Å². The largest absolute Gasteiger partial charge is 0.380 e. The molecule has 0 saturated carbocycles. The fourth-order valence-corrected chi connectivity index (χ4v) is 1.78. The van der Waals surface area contributed by atoms with Crippen LogP contribution in [-0.2, 0) is 4.74 Å². The lowest BCUT2D eigenvalue weighted by Gasteiger charge is -2.23. The molecule has 1 rings (SSSR count). The second-order valence-corrected chi connectivity index (χ2v) is 4.09. The van der Waals surface area contributed by atoms with E-state index in [1.54, 1.807) is 25.3 Å². The van der Waals surface area contributed by atoms with Gasteiger partial charge in [-0.15, -0.1) is 0 Å². The summed E-state index contributed by atoms with van der Waals surface area (Å²) in [5.74, 6) is 5.47. The normalized spacial score (nSPS) is 15.0.